The minimum atomic E-state index is -0.365. The molecule has 2 rings (SSSR count). The zero-order valence-corrected chi connectivity index (χ0v) is 10.9. The summed E-state index contributed by atoms with van der Waals surface area (Å²) in [6.45, 7) is 6.62. The normalized spacial score (nSPS) is 35.4. The zero-order valence-electron chi connectivity index (χ0n) is 8.79. The summed E-state index contributed by atoms with van der Waals surface area (Å²) in [6, 6.07) is 0.478. The van der Waals surface area contributed by atoms with Crippen LogP contribution in [-0.2, 0) is 4.74 Å². The summed E-state index contributed by atoms with van der Waals surface area (Å²) in [7, 11) is 0. The second-order valence-electron chi connectivity index (χ2n) is 5.12. The molecule has 0 aromatic carbocycles. The van der Waals surface area contributed by atoms with Gasteiger partial charge >= 0.3 is 6.09 Å². The highest BCUT2D eigenvalue weighted by Gasteiger charge is 2.54. The number of carbonyl (C=O) groups is 1. The lowest BCUT2D eigenvalue weighted by atomic mass is 9.71. The average molecular weight is 309 g/mol. The maximum absolute atomic E-state index is 11.6. The Bertz CT molecular complexity index is 261. The van der Waals surface area contributed by atoms with Crippen LogP contribution in [0.5, 0.6) is 0 Å². The maximum Gasteiger partial charge on any atom is 0.410 e. The number of rotatable bonds is 0. The number of halogens is 1. The monoisotopic (exact) mass is 309 g/mol. The maximum atomic E-state index is 11.6. The third kappa shape index (κ3) is 1.73. The predicted molar refractivity (Wildman–Crippen MR) is 62.6 cm³/mol. The van der Waals surface area contributed by atoms with Gasteiger partial charge in [0.2, 0.25) is 0 Å². The topological polar surface area (TPSA) is 29.5 Å². The molecular weight excluding hydrogens is 293 g/mol. The zero-order chi connectivity index (χ0) is 10.5. The predicted octanol–water partition coefficient (Wildman–Crippen LogP) is 2.43. The molecule has 14 heavy (non-hydrogen) atoms. The smallest absolute Gasteiger partial charge is 0.410 e. The number of fused-ring (bicyclic) bond motifs is 1. The first kappa shape index (κ1) is 10.5. The molecule has 3 atom stereocenters. The summed E-state index contributed by atoms with van der Waals surface area (Å²) in [5.41, 5.74) is -0.365. The fraction of sp³-hybridized carbons (Fsp3) is 0.900. The third-order valence-electron chi connectivity index (χ3n) is 2.86. The van der Waals surface area contributed by atoms with Crippen LogP contribution in [0.25, 0.3) is 0 Å². The second-order valence-corrected chi connectivity index (χ2v) is 6.72. The summed E-state index contributed by atoms with van der Waals surface area (Å²) in [6.07, 6.45) is 1.01. The Balaban J connectivity index is 1.84. The number of carbonyl (C=O) groups excluding carboxylic acids is 1. The van der Waals surface area contributed by atoms with Crippen molar-refractivity contribution in [1.82, 2.24) is 4.90 Å². The van der Waals surface area contributed by atoms with Gasteiger partial charge in [-0.25, -0.2) is 4.79 Å². The van der Waals surface area contributed by atoms with Crippen molar-refractivity contribution in [3.05, 3.63) is 0 Å². The molecule has 0 radical (unpaired) electrons. The SMILES string of the molecule is CC(C)(C)OC(=O)N1C[C@@H]2C(I)CC21. The first-order chi connectivity index (χ1) is 6.38. The number of amides is 1. The van der Waals surface area contributed by atoms with Gasteiger partial charge in [-0.15, -0.1) is 0 Å². The van der Waals surface area contributed by atoms with Crippen LogP contribution in [0, 0.1) is 5.92 Å². The van der Waals surface area contributed by atoms with Crippen LogP contribution in [-0.4, -0.2) is 33.1 Å². The van der Waals surface area contributed by atoms with Crippen molar-refractivity contribution in [3.8, 4) is 0 Å². The summed E-state index contributed by atoms with van der Waals surface area (Å²) in [4.78, 5) is 13.5. The number of hydrogen-bond donors (Lipinski definition) is 0. The number of ether oxygens (including phenoxy) is 1. The highest BCUT2D eigenvalue weighted by atomic mass is 127. The molecule has 1 aliphatic carbocycles. The molecule has 1 saturated carbocycles. The Hall–Kier alpha value is 0. The van der Waals surface area contributed by atoms with Crippen molar-refractivity contribution < 1.29 is 9.53 Å². The molecule has 80 valence electrons. The fourth-order valence-corrected chi connectivity index (χ4v) is 3.20. The third-order valence-corrected chi connectivity index (χ3v) is 4.29. The van der Waals surface area contributed by atoms with Crippen LogP contribution in [0.1, 0.15) is 27.2 Å². The average Bonchev–Trinajstić information content (AvgIpc) is 1.96. The Morgan fingerprint density at radius 1 is 1.50 bits per heavy atom. The Labute approximate surface area is 98.3 Å². The number of likely N-dealkylation sites (tertiary alicyclic amines) is 1. The van der Waals surface area contributed by atoms with E-state index >= 15 is 0 Å². The van der Waals surface area contributed by atoms with Crippen LogP contribution in [0.15, 0.2) is 0 Å². The molecule has 3 nitrogen and oxygen atoms in total. The van der Waals surface area contributed by atoms with Crippen molar-refractivity contribution in [2.75, 3.05) is 6.54 Å². The molecule has 1 heterocycles. The molecule has 1 amide bonds. The minimum Gasteiger partial charge on any atom is -0.444 e. The quantitative estimate of drug-likeness (QED) is 0.508. The molecule has 2 unspecified atom stereocenters. The Morgan fingerprint density at radius 3 is 2.50 bits per heavy atom. The molecule has 1 aliphatic heterocycles. The van der Waals surface area contributed by atoms with Crippen LogP contribution >= 0.6 is 22.6 Å². The van der Waals surface area contributed by atoms with Gasteiger partial charge in [-0.1, -0.05) is 22.6 Å². The lowest BCUT2D eigenvalue weighted by Crippen LogP contribution is -2.69. The number of nitrogens with zero attached hydrogens (tertiary/aromatic N) is 1. The molecular formula is C10H16INO2. The van der Waals surface area contributed by atoms with E-state index < -0.39 is 0 Å². The van der Waals surface area contributed by atoms with Gasteiger partial charge in [0, 0.05) is 22.4 Å². The van der Waals surface area contributed by atoms with Crippen molar-refractivity contribution in [2.24, 2.45) is 5.92 Å². The van der Waals surface area contributed by atoms with Gasteiger partial charge in [-0.3, -0.25) is 0 Å². The molecule has 2 aliphatic rings. The molecule has 4 heteroatoms. The van der Waals surface area contributed by atoms with E-state index in [2.05, 4.69) is 22.6 Å². The van der Waals surface area contributed by atoms with E-state index in [9.17, 15) is 4.79 Å². The van der Waals surface area contributed by atoms with Gasteiger partial charge in [0.15, 0.2) is 0 Å². The van der Waals surface area contributed by atoms with Crippen LogP contribution in [0.3, 0.4) is 0 Å². The number of hydrogen-bond acceptors (Lipinski definition) is 2. The first-order valence-electron chi connectivity index (χ1n) is 5.02. The van der Waals surface area contributed by atoms with Crippen LogP contribution < -0.4 is 0 Å². The summed E-state index contributed by atoms with van der Waals surface area (Å²) in [5, 5.41) is 0. The standard InChI is InChI=1S/C10H16INO2/c1-10(2,3)14-9(13)12-5-6-7(11)4-8(6)12/h6-8H,4-5H2,1-3H3/t6-,7?,8?/m1/s1. The van der Waals surface area contributed by atoms with Crippen LogP contribution in [0.2, 0.25) is 0 Å². The van der Waals surface area contributed by atoms with E-state index in [0.717, 1.165) is 22.8 Å². The molecule has 2 fully saturated rings. The van der Waals surface area contributed by atoms with E-state index in [-0.39, 0.29) is 11.7 Å². The highest BCUT2D eigenvalue weighted by molar-refractivity contribution is 14.1. The Kier molecular flexibility index (Phi) is 2.44. The molecule has 0 aromatic rings. The Morgan fingerprint density at radius 2 is 2.14 bits per heavy atom. The van der Waals surface area contributed by atoms with Gasteiger partial charge in [0.25, 0.3) is 0 Å². The van der Waals surface area contributed by atoms with E-state index in [0.29, 0.717) is 6.04 Å². The summed E-state index contributed by atoms with van der Waals surface area (Å²) < 4.78 is 6.09. The van der Waals surface area contributed by atoms with E-state index in [1.807, 2.05) is 25.7 Å². The largest absolute Gasteiger partial charge is 0.444 e. The van der Waals surface area contributed by atoms with Crippen molar-refractivity contribution >= 4 is 28.7 Å². The van der Waals surface area contributed by atoms with Gasteiger partial charge in [0.1, 0.15) is 5.60 Å². The van der Waals surface area contributed by atoms with Crippen LogP contribution in [0.4, 0.5) is 4.79 Å². The number of piperidine rings is 1. The molecule has 0 N–H and O–H groups in total. The van der Waals surface area contributed by atoms with Gasteiger partial charge in [-0.2, -0.15) is 0 Å². The van der Waals surface area contributed by atoms with Gasteiger partial charge < -0.3 is 9.64 Å². The van der Waals surface area contributed by atoms with Crippen molar-refractivity contribution in [2.45, 2.75) is 42.8 Å². The lowest BCUT2D eigenvalue weighted by Gasteiger charge is -2.58. The molecule has 0 bridgehead atoms. The van der Waals surface area contributed by atoms with E-state index in [4.69, 9.17) is 4.74 Å². The lowest BCUT2D eigenvalue weighted by molar-refractivity contribution is -0.0623. The first-order valence-corrected chi connectivity index (χ1v) is 6.27. The summed E-state index contributed by atoms with van der Waals surface area (Å²) in [5.74, 6) is 0.739. The van der Waals surface area contributed by atoms with Gasteiger partial charge in [-0.05, 0) is 27.2 Å². The minimum absolute atomic E-state index is 0.137. The molecule has 0 spiro atoms. The van der Waals surface area contributed by atoms with Gasteiger partial charge in [0.05, 0.1) is 0 Å². The highest BCUT2D eigenvalue weighted by Crippen LogP contribution is 2.46. The van der Waals surface area contributed by atoms with Crippen molar-refractivity contribution in [1.29, 1.82) is 0 Å². The second kappa shape index (κ2) is 3.25. The molecule has 1 saturated heterocycles. The number of alkyl halides is 1. The van der Waals surface area contributed by atoms with E-state index in [1.165, 1.54) is 0 Å². The summed E-state index contributed by atoms with van der Waals surface area (Å²) >= 11 is 2.47. The van der Waals surface area contributed by atoms with E-state index in [1.54, 1.807) is 0 Å². The van der Waals surface area contributed by atoms with Crippen molar-refractivity contribution in [3.63, 3.8) is 0 Å². The fourth-order valence-electron chi connectivity index (χ4n) is 1.97. The molecule has 0 aromatic heterocycles.